The Kier molecular flexibility index (Phi) is 6.50. The Labute approximate surface area is 118 Å². The molecule has 1 aromatic carbocycles. The Bertz CT molecular complexity index is 382. The highest BCUT2D eigenvalue weighted by Crippen LogP contribution is 2.37. The Morgan fingerprint density at radius 2 is 2.06 bits per heavy atom. The fourth-order valence-corrected chi connectivity index (χ4v) is 2.17. The molecule has 1 atom stereocenters. The standard InChI is InChI=1S/C14H22BrNO2/c1-5-10(3)18-14-12(15)7-11(9-16-4)8-13(14)17-6-2/h7-8,10,16H,5-6,9H2,1-4H3. The first kappa shape index (κ1) is 15.3. The molecule has 0 aliphatic rings. The second kappa shape index (κ2) is 7.64. The summed E-state index contributed by atoms with van der Waals surface area (Å²) in [6, 6.07) is 4.10. The molecule has 0 saturated carbocycles. The average molecular weight is 316 g/mol. The summed E-state index contributed by atoms with van der Waals surface area (Å²) in [4.78, 5) is 0. The lowest BCUT2D eigenvalue weighted by atomic mass is 10.2. The molecule has 1 N–H and O–H groups in total. The van der Waals surface area contributed by atoms with Crippen molar-refractivity contribution in [3.63, 3.8) is 0 Å². The number of benzene rings is 1. The van der Waals surface area contributed by atoms with Crippen molar-refractivity contribution in [3.8, 4) is 11.5 Å². The second-order valence-electron chi connectivity index (χ2n) is 4.20. The molecule has 0 bridgehead atoms. The summed E-state index contributed by atoms with van der Waals surface area (Å²) in [7, 11) is 1.93. The van der Waals surface area contributed by atoms with Crippen molar-refractivity contribution in [1.82, 2.24) is 5.32 Å². The summed E-state index contributed by atoms with van der Waals surface area (Å²) < 4.78 is 12.5. The van der Waals surface area contributed by atoms with Gasteiger partial charge in [-0.05, 0) is 60.9 Å². The Morgan fingerprint density at radius 1 is 1.33 bits per heavy atom. The van der Waals surface area contributed by atoms with E-state index in [1.807, 2.05) is 20.0 Å². The van der Waals surface area contributed by atoms with Crippen LogP contribution in [-0.4, -0.2) is 19.8 Å². The Hall–Kier alpha value is -0.740. The molecule has 0 aromatic heterocycles. The molecule has 0 aliphatic heterocycles. The van der Waals surface area contributed by atoms with E-state index in [-0.39, 0.29) is 6.10 Å². The SMILES string of the molecule is CCOc1cc(CNC)cc(Br)c1OC(C)CC. The van der Waals surface area contributed by atoms with E-state index in [1.165, 1.54) is 5.56 Å². The van der Waals surface area contributed by atoms with Crippen molar-refractivity contribution in [2.45, 2.75) is 39.8 Å². The van der Waals surface area contributed by atoms with Crippen molar-refractivity contribution in [2.24, 2.45) is 0 Å². The van der Waals surface area contributed by atoms with Crippen LogP contribution in [0.3, 0.4) is 0 Å². The quantitative estimate of drug-likeness (QED) is 0.831. The van der Waals surface area contributed by atoms with Gasteiger partial charge in [0.15, 0.2) is 11.5 Å². The fourth-order valence-electron chi connectivity index (χ4n) is 1.59. The number of halogens is 1. The van der Waals surface area contributed by atoms with Crippen LogP contribution in [-0.2, 0) is 6.54 Å². The normalized spacial score (nSPS) is 12.3. The molecule has 0 spiro atoms. The largest absolute Gasteiger partial charge is 0.490 e. The van der Waals surface area contributed by atoms with Crippen LogP contribution in [0.1, 0.15) is 32.8 Å². The highest BCUT2D eigenvalue weighted by molar-refractivity contribution is 9.10. The molecule has 0 fully saturated rings. The third-order valence-electron chi connectivity index (χ3n) is 2.64. The molecule has 0 aliphatic carbocycles. The van der Waals surface area contributed by atoms with E-state index in [0.717, 1.165) is 28.9 Å². The van der Waals surface area contributed by atoms with Crippen LogP contribution in [0.2, 0.25) is 0 Å². The van der Waals surface area contributed by atoms with E-state index >= 15 is 0 Å². The van der Waals surface area contributed by atoms with Gasteiger partial charge in [-0.1, -0.05) is 6.92 Å². The van der Waals surface area contributed by atoms with Gasteiger partial charge in [-0.3, -0.25) is 0 Å². The van der Waals surface area contributed by atoms with Crippen molar-refractivity contribution in [3.05, 3.63) is 22.2 Å². The second-order valence-corrected chi connectivity index (χ2v) is 5.06. The topological polar surface area (TPSA) is 30.5 Å². The third kappa shape index (κ3) is 4.18. The maximum Gasteiger partial charge on any atom is 0.175 e. The molecule has 1 unspecified atom stereocenters. The van der Waals surface area contributed by atoms with E-state index in [0.29, 0.717) is 6.61 Å². The molecule has 3 nitrogen and oxygen atoms in total. The molecule has 18 heavy (non-hydrogen) atoms. The molecule has 0 saturated heterocycles. The van der Waals surface area contributed by atoms with Crippen molar-refractivity contribution in [2.75, 3.05) is 13.7 Å². The number of hydrogen-bond acceptors (Lipinski definition) is 3. The van der Waals surface area contributed by atoms with Crippen LogP contribution in [0, 0.1) is 0 Å². The van der Waals surface area contributed by atoms with Crippen LogP contribution < -0.4 is 14.8 Å². The van der Waals surface area contributed by atoms with Gasteiger partial charge in [0.1, 0.15) is 0 Å². The zero-order valence-electron chi connectivity index (χ0n) is 11.5. The lowest BCUT2D eigenvalue weighted by Crippen LogP contribution is -2.12. The lowest BCUT2D eigenvalue weighted by molar-refractivity contribution is 0.201. The van der Waals surface area contributed by atoms with E-state index in [1.54, 1.807) is 0 Å². The van der Waals surface area contributed by atoms with E-state index in [9.17, 15) is 0 Å². The minimum absolute atomic E-state index is 0.177. The summed E-state index contributed by atoms with van der Waals surface area (Å²) in [6.07, 6.45) is 1.15. The Morgan fingerprint density at radius 3 is 2.61 bits per heavy atom. The van der Waals surface area contributed by atoms with E-state index in [2.05, 4.69) is 41.2 Å². The zero-order chi connectivity index (χ0) is 13.5. The summed E-state index contributed by atoms with van der Waals surface area (Å²) >= 11 is 3.56. The fraction of sp³-hybridized carbons (Fsp3) is 0.571. The summed E-state index contributed by atoms with van der Waals surface area (Å²) in [5, 5.41) is 3.13. The Balaban J connectivity index is 3.05. The van der Waals surface area contributed by atoms with Crippen LogP contribution in [0.5, 0.6) is 11.5 Å². The number of ether oxygens (including phenoxy) is 2. The van der Waals surface area contributed by atoms with Crippen LogP contribution in [0.15, 0.2) is 16.6 Å². The number of hydrogen-bond donors (Lipinski definition) is 1. The maximum atomic E-state index is 5.92. The number of nitrogens with one attached hydrogen (secondary N) is 1. The third-order valence-corrected chi connectivity index (χ3v) is 3.23. The van der Waals surface area contributed by atoms with Gasteiger partial charge in [0.05, 0.1) is 17.2 Å². The monoisotopic (exact) mass is 315 g/mol. The minimum Gasteiger partial charge on any atom is -0.490 e. The molecular weight excluding hydrogens is 294 g/mol. The minimum atomic E-state index is 0.177. The van der Waals surface area contributed by atoms with Gasteiger partial charge >= 0.3 is 0 Å². The van der Waals surface area contributed by atoms with Gasteiger partial charge in [0.2, 0.25) is 0 Å². The average Bonchev–Trinajstić information content (AvgIpc) is 2.34. The van der Waals surface area contributed by atoms with Crippen molar-refractivity contribution < 1.29 is 9.47 Å². The maximum absolute atomic E-state index is 5.92. The summed E-state index contributed by atoms with van der Waals surface area (Å²) in [6.45, 7) is 7.58. The van der Waals surface area contributed by atoms with Crippen LogP contribution in [0.25, 0.3) is 0 Å². The van der Waals surface area contributed by atoms with Crippen molar-refractivity contribution >= 4 is 15.9 Å². The van der Waals surface area contributed by atoms with Gasteiger partial charge in [-0.15, -0.1) is 0 Å². The first-order valence-electron chi connectivity index (χ1n) is 6.38. The highest BCUT2D eigenvalue weighted by Gasteiger charge is 2.14. The zero-order valence-corrected chi connectivity index (χ0v) is 13.1. The summed E-state index contributed by atoms with van der Waals surface area (Å²) in [5.74, 6) is 1.60. The molecular formula is C14H22BrNO2. The van der Waals surface area contributed by atoms with Gasteiger partial charge < -0.3 is 14.8 Å². The molecule has 1 rings (SSSR count). The first-order valence-corrected chi connectivity index (χ1v) is 7.18. The first-order chi connectivity index (χ1) is 8.62. The van der Waals surface area contributed by atoms with Crippen LogP contribution in [0.4, 0.5) is 0 Å². The smallest absolute Gasteiger partial charge is 0.175 e. The van der Waals surface area contributed by atoms with E-state index in [4.69, 9.17) is 9.47 Å². The molecule has 102 valence electrons. The van der Waals surface area contributed by atoms with Gasteiger partial charge in [0, 0.05) is 6.54 Å². The van der Waals surface area contributed by atoms with Gasteiger partial charge in [-0.25, -0.2) is 0 Å². The molecule has 1 aromatic rings. The molecule has 0 amide bonds. The predicted octanol–water partition coefficient (Wildman–Crippen LogP) is 3.74. The summed E-state index contributed by atoms with van der Waals surface area (Å²) in [5.41, 5.74) is 1.17. The van der Waals surface area contributed by atoms with Crippen LogP contribution >= 0.6 is 15.9 Å². The predicted molar refractivity (Wildman–Crippen MR) is 78.5 cm³/mol. The molecule has 0 radical (unpaired) electrons. The highest BCUT2D eigenvalue weighted by atomic mass is 79.9. The van der Waals surface area contributed by atoms with Gasteiger partial charge in [-0.2, -0.15) is 0 Å². The molecule has 0 heterocycles. The van der Waals surface area contributed by atoms with Gasteiger partial charge in [0.25, 0.3) is 0 Å². The molecule has 4 heteroatoms. The lowest BCUT2D eigenvalue weighted by Gasteiger charge is -2.18. The van der Waals surface area contributed by atoms with Crippen molar-refractivity contribution in [1.29, 1.82) is 0 Å². The van der Waals surface area contributed by atoms with E-state index < -0.39 is 0 Å². The number of rotatable bonds is 7.